The molecule has 4 nitrogen and oxygen atoms in total. The first-order valence-electron chi connectivity index (χ1n) is 6.06. The van der Waals surface area contributed by atoms with E-state index in [0.717, 1.165) is 11.1 Å². The molecule has 0 atom stereocenters. The van der Waals surface area contributed by atoms with E-state index in [1.807, 2.05) is 30.3 Å². The fourth-order valence-electron chi connectivity index (χ4n) is 1.61. The molecule has 0 saturated carbocycles. The van der Waals surface area contributed by atoms with Crippen LogP contribution in [-0.2, 0) is 11.2 Å². The van der Waals surface area contributed by atoms with Gasteiger partial charge in [0.05, 0.1) is 12.6 Å². The maximum atomic E-state index is 11.7. The van der Waals surface area contributed by atoms with E-state index in [2.05, 4.69) is 10.5 Å². The second-order valence-corrected chi connectivity index (χ2v) is 4.64. The molecule has 0 spiro atoms. The van der Waals surface area contributed by atoms with Crippen molar-refractivity contribution in [3.05, 3.63) is 64.7 Å². The molecule has 0 bridgehead atoms. The standard InChI is InChI=1S/C15H14ClN3O/c16-14-4-2-1-3-12(14)10-18-19-15(20)9-11-5-7-13(17)8-6-11/h1-8,10H,9,17H2,(H,19,20)/b18-10-. The molecule has 0 aliphatic heterocycles. The summed E-state index contributed by atoms with van der Waals surface area (Å²) in [6.07, 6.45) is 1.77. The predicted molar refractivity (Wildman–Crippen MR) is 81.7 cm³/mol. The molecule has 0 aliphatic carbocycles. The number of benzene rings is 2. The SMILES string of the molecule is Nc1ccc(CC(=O)N/N=C\c2ccccc2Cl)cc1. The summed E-state index contributed by atoms with van der Waals surface area (Å²) in [5.74, 6) is -0.196. The fraction of sp³-hybridized carbons (Fsp3) is 0.0667. The highest BCUT2D eigenvalue weighted by molar-refractivity contribution is 6.33. The molecule has 5 heteroatoms. The van der Waals surface area contributed by atoms with Crippen LogP contribution in [0.5, 0.6) is 0 Å². The van der Waals surface area contributed by atoms with E-state index in [9.17, 15) is 4.79 Å². The van der Waals surface area contributed by atoms with Gasteiger partial charge in [-0.3, -0.25) is 4.79 Å². The van der Waals surface area contributed by atoms with Crippen molar-refractivity contribution >= 4 is 29.4 Å². The van der Waals surface area contributed by atoms with Crippen LogP contribution in [0.25, 0.3) is 0 Å². The number of nitrogens with two attached hydrogens (primary N) is 1. The third-order valence-electron chi connectivity index (χ3n) is 2.64. The zero-order valence-electron chi connectivity index (χ0n) is 10.7. The summed E-state index contributed by atoms with van der Waals surface area (Å²) in [6, 6.07) is 14.4. The predicted octanol–water partition coefficient (Wildman–Crippen LogP) is 2.62. The van der Waals surface area contributed by atoms with Crippen molar-refractivity contribution in [2.24, 2.45) is 5.10 Å². The minimum Gasteiger partial charge on any atom is -0.399 e. The number of nitrogens with zero attached hydrogens (tertiary/aromatic N) is 1. The normalized spacial score (nSPS) is 10.7. The lowest BCUT2D eigenvalue weighted by Gasteiger charge is -2.01. The summed E-state index contributed by atoms with van der Waals surface area (Å²) < 4.78 is 0. The monoisotopic (exact) mass is 287 g/mol. The van der Waals surface area contributed by atoms with E-state index < -0.39 is 0 Å². The van der Waals surface area contributed by atoms with Gasteiger partial charge in [0.2, 0.25) is 5.91 Å². The van der Waals surface area contributed by atoms with Crippen molar-refractivity contribution in [3.63, 3.8) is 0 Å². The molecule has 3 N–H and O–H groups in total. The first kappa shape index (κ1) is 14.1. The van der Waals surface area contributed by atoms with Gasteiger partial charge in [0.1, 0.15) is 0 Å². The van der Waals surface area contributed by atoms with Gasteiger partial charge >= 0.3 is 0 Å². The molecule has 2 rings (SSSR count). The van der Waals surface area contributed by atoms with Crippen molar-refractivity contribution in [3.8, 4) is 0 Å². The van der Waals surface area contributed by atoms with Crippen LogP contribution in [0.1, 0.15) is 11.1 Å². The second kappa shape index (κ2) is 6.73. The van der Waals surface area contributed by atoms with Gasteiger partial charge in [0.15, 0.2) is 0 Å². The smallest absolute Gasteiger partial charge is 0.244 e. The van der Waals surface area contributed by atoms with Crippen LogP contribution in [-0.4, -0.2) is 12.1 Å². The van der Waals surface area contributed by atoms with Crippen molar-refractivity contribution in [1.29, 1.82) is 0 Å². The Kier molecular flexibility index (Phi) is 4.74. The quantitative estimate of drug-likeness (QED) is 0.516. The Morgan fingerprint density at radius 1 is 1.20 bits per heavy atom. The van der Waals surface area contributed by atoms with Gasteiger partial charge in [-0.05, 0) is 23.8 Å². The minimum atomic E-state index is -0.196. The number of carbonyl (C=O) groups excluding carboxylic acids is 1. The summed E-state index contributed by atoms with van der Waals surface area (Å²) >= 11 is 5.97. The van der Waals surface area contributed by atoms with Crippen LogP contribution in [0.15, 0.2) is 53.6 Å². The Bertz CT molecular complexity index is 623. The largest absolute Gasteiger partial charge is 0.399 e. The molecule has 2 aromatic rings. The Labute approximate surface area is 122 Å². The van der Waals surface area contributed by atoms with Gasteiger partial charge in [-0.15, -0.1) is 0 Å². The van der Waals surface area contributed by atoms with E-state index in [-0.39, 0.29) is 12.3 Å². The molecule has 0 saturated heterocycles. The van der Waals surface area contributed by atoms with E-state index in [4.69, 9.17) is 17.3 Å². The van der Waals surface area contributed by atoms with Crippen LogP contribution >= 0.6 is 11.6 Å². The third-order valence-corrected chi connectivity index (χ3v) is 2.99. The van der Waals surface area contributed by atoms with Crippen LogP contribution in [0.3, 0.4) is 0 Å². The number of halogens is 1. The average molecular weight is 288 g/mol. The molecule has 102 valence electrons. The number of amides is 1. The molecule has 1 amide bonds. The molecule has 0 heterocycles. The van der Waals surface area contributed by atoms with Gasteiger partial charge in [-0.2, -0.15) is 5.10 Å². The lowest BCUT2D eigenvalue weighted by molar-refractivity contribution is -0.120. The highest BCUT2D eigenvalue weighted by Gasteiger charge is 2.01. The Morgan fingerprint density at radius 2 is 1.90 bits per heavy atom. The molecular formula is C15H14ClN3O. The number of nitrogen functional groups attached to an aromatic ring is 1. The Hall–Kier alpha value is -2.33. The maximum absolute atomic E-state index is 11.7. The zero-order chi connectivity index (χ0) is 14.4. The van der Waals surface area contributed by atoms with Crippen LogP contribution in [0, 0.1) is 0 Å². The number of carbonyl (C=O) groups is 1. The summed E-state index contributed by atoms with van der Waals surface area (Å²) in [7, 11) is 0. The average Bonchev–Trinajstić information content (AvgIpc) is 2.43. The fourth-order valence-corrected chi connectivity index (χ4v) is 1.80. The van der Waals surface area contributed by atoms with Gasteiger partial charge in [-0.1, -0.05) is 41.9 Å². The first-order chi connectivity index (χ1) is 9.65. The third kappa shape index (κ3) is 4.10. The van der Waals surface area contributed by atoms with Gasteiger partial charge in [0.25, 0.3) is 0 Å². The number of nitrogens with one attached hydrogen (secondary N) is 1. The lowest BCUT2D eigenvalue weighted by atomic mass is 10.1. The van der Waals surface area contributed by atoms with Crippen molar-refractivity contribution in [1.82, 2.24) is 5.43 Å². The van der Waals surface area contributed by atoms with E-state index >= 15 is 0 Å². The highest BCUT2D eigenvalue weighted by Crippen LogP contribution is 2.12. The lowest BCUT2D eigenvalue weighted by Crippen LogP contribution is -2.19. The van der Waals surface area contributed by atoms with Crippen molar-refractivity contribution in [2.45, 2.75) is 6.42 Å². The van der Waals surface area contributed by atoms with Crippen molar-refractivity contribution < 1.29 is 4.79 Å². The summed E-state index contributed by atoms with van der Waals surface area (Å²) in [5.41, 5.74) is 10.3. The highest BCUT2D eigenvalue weighted by atomic mass is 35.5. The molecular weight excluding hydrogens is 274 g/mol. The van der Waals surface area contributed by atoms with E-state index in [1.165, 1.54) is 6.21 Å². The van der Waals surface area contributed by atoms with Crippen molar-refractivity contribution in [2.75, 3.05) is 5.73 Å². The van der Waals surface area contributed by atoms with Gasteiger partial charge in [0, 0.05) is 16.3 Å². The molecule has 0 radical (unpaired) electrons. The van der Waals surface area contributed by atoms with E-state index in [1.54, 1.807) is 18.2 Å². The number of hydrogen-bond donors (Lipinski definition) is 2. The topological polar surface area (TPSA) is 67.5 Å². The van der Waals surface area contributed by atoms with E-state index in [0.29, 0.717) is 10.7 Å². The maximum Gasteiger partial charge on any atom is 0.244 e. The summed E-state index contributed by atoms with van der Waals surface area (Å²) in [4.78, 5) is 11.7. The first-order valence-corrected chi connectivity index (χ1v) is 6.44. The summed E-state index contributed by atoms with van der Waals surface area (Å²) in [5, 5.41) is 4.47. The van der Waals surface area contributed by atoms with Crippen LogP contribution in [0.4, 0.5) is 5.69 Å². The van der Waals surface area contributed by atoms with Crippen LogP contribution < -0.4 is 11.2 Å². The molecule has 0 aromatic heterocycles. The Balaban J connectivity index is 1.89. The summed E-state index contributed by atoms with van der Waals surface area (Å²) in [6.45, 7) is 0. The molecule has 0 unspecified atom stereocenters. The number of hydrazone groups is 1. The Morgan fingerprint density at radius 3 is 2.60 bits per heavy atom. The number of rotatable bonds is 4. The van der Waals surface area contributed by atoms with Gasteiger partial charge in [-0.25, -0.2) is 5.43 Å². The number of hydrogen-bond acceptors (Lipinski definition) is 3. The van der Waals surface area contributed by atoms with Crippen LogP contribution in [0.2, 0.25) is 5.02 Å². The molecule has 0 aliphatic rings. The zero-order valence-corrected chi connectivity index (χ0v) is 11.5. The molecule has 20 heavy (non-hydrogen) atoms. The number of anilines is 1. The minimum absolute atomic E-state index is 0.196. The molecule has 2 aromatic carbocycles. The van der Waals surface area contributed by atoms with Gasteiger partial charge < -0.3 is 5.73 Å². The molecule has 0 fully saturated rings. The second-order valence-electron chi connectivity index (χ2n) is 4.23.